The van der Waals surface area contributed by atoms with Crippen molar-refractivity contribution < 1.29 is 13.5 Å². The number of nitriles is 1. The van der Waals surface area contributed by atoms with E-state index in [4.69, 9.17) is 4.74 Å². The third-order valence-electron chi connectivity index (χ3n) is 4.71. The molecule has 0 unspecified atom stereocenters. The summed E-state index contributed by atoms with van der Waals surface area (Å²) in [6.07, 6.45) is 1.36. The highest BCUT2D eigenvalue weighted by molar-refractivity contribution is 5.84. The second kappa shape index (κ2) is 10.2. The molecular weight excluding hydrogens is 440 g/mol. The normalized spacial score (nSPS) is 10.7. The molecule has 0 aliphatic rings. The number of ether oxygens (including phenoxy) is 1. The Labute approximate surface area is 193 Å². The van der Waals surface area contributed by atoms with Crippen LogP contribution in [0.1, 0.15) is 16.7 Å². The predicted molar refractivity (Wildman–Crippen MR) is 123 cm³/mol. The van der Waals surface area contributed by atoms with E-state index in [2.05, 4.69) is 20.5 Å². The lowest BCUT2D eigenvalue weighted by Gasteiger charge is -2.10. The van der Waals surface area contributed by atoms with E-state index < -0.39 is 17.2 Å². The number of nitrogens with zero attached hydrogens (tertiary/aromatic N) is 3. The minimum absolute atomic E-state index is 0.0171. The van der Waals surface area contributed by atoms with E-state index in [0.717, 1.165) is 0 Å². The van der Waals surface area contributed by atoms with Gasteiger partial charge in [0.25, 0.3) is 5.56 Å². The summed E-state index contributed by atoms with van der Waals surface area (Å²) in [5.74, 6) is -0.695. The molecule has 9 heteroatoms. The van der Waals surface area contributed by atoms with Crippen LogP contribution in [-0.2, 0) is 6.61 Å². The van der Waals surface area contributed by atoms with Gasteiger partial charge in [0.05, 0.1) is 11.9 Å². The van der Waals surface area contributed by atoms with Crippen molar-refractivity contribution in [2.75, 3.05) is 5.43 Å². The Kier molecular flexibility index (Phi) is 6.70. The Hall–Kier alpha value is -4.84. The molecule has 3 aromatic carbocycles. The van der Waals surface area contributed by atoms with Crippen molar-refractivity contribution in [3.63, 3.8) is 0 Å². The molecule has 168 valence electrons. The number of halogens is 2. The number of aromatic amines is 1. The molecule has 1 heterocycles. The lowest BCUT2D eigenvalue weighted by atomic mass is 10.1. The standard InChI is InChI=1S/C25H17F2N5O2/c26-19-8-4-5-16(11-19)15-34-22-12-20(27)10-9-18(22)14-29-32-25-30-23(17-6-2-1-3-7-17)21(13-28)24(33)31-25/h1-12,14H,15H2,(H2,30,31,32,33). The van der Waals surface area contributed by atoms with Gasteiger partial charge >= 0.3 is 0 Å². The van der Waals surface area contributed by atoms with Crippen molar-refractivity contribution in [3.05, 3.63) is 111 Å². The Bertz CT molecular complexity index is 1450. The number of H-pyrrole nitrogens is 1. The molecule has 0 amide bonds. The average molecular weight is 457 g/mol. The van der Waals surface area contributed by atoms with Crippen LogP contribution in [0.3, 0.4) is 0 Å². The number of rotatable bonds is 7. The van der Waals surface area contributed by atoms with Gasteiger partial charge in [-0.25, -0.2) is 19.2 Å². The first-order valence-corrected chi connectivity index (χ1v) is 10.1. The van der Waals surface area contributed by atoms with Crippen molar-refractivity contribution in [3.8, 4) is 23.1 Å². The van der Waals surface area contributed by atoms with Crippen molar-refractivity contribution in [2.45, 2.75) is 6.61 Å². The van der Waals surface area contributed by atoms with Crippen LogP contribution in [0.15, 0.2) is 82.7 Å². The summed E-state index contributed by atoms with van der Waals surface area (Å²) < 4.78 is 32.8. The zero-order valence-electron chi connectivity index (χ0n) is 17.6. The summed E-state index contributed by atoms with van der Waals surface area (Å²) in [5.41, 5.74) is 3.71. The number of nitrogens with one attached hydrogen (secondary N) is 2. The zero-order chi connectivity index (χ0) is 23.9. The molecule has 0 aliphatic heterocycles. The third-order valence-corrected chi connectivity index (χ3v) is 4.71. The van der Waals surface area contributed by atoms with E-state index >= 15 is 0 Å². The van der Waals surface area contributed by atoms with Gasteiger partial charge in [-0.15, -0.1) is 0 Å². The van der Waals surface area contributed by atoms with Crippen LogP contribution >= 0.6 is 0 Å². The molecule has 0 saturated carbocycles. The Morgan fingerprint density at radius 2 is 1.85 bits per heavy atom. The van der Waals surface area contributed by atoms with E-state index in [1.54, 1.807) is 36.4 Å². The zero-order valence-corrected chi connectivity index (χ0v) is 17.6. The first-order valence-electron chi connectivity index (χ1n) is 10.1. The van der Waals surface area contributed by atoms with Gasteiger partial charge in [0.2, 0.25) is 5.95 Å². The number of hydrazone groups is 1. The van der Waals surface area contributed by atoms with Crippen molar-refractivity contribution in [1.29, 1.82) is 5.26 Å². The molecule has 0 spiro atoms. The number of hydrogen-bond acceptors (Lipinski definition) is 6. The van der Waals surface area contributed by atoms with Crippen molar-refractivity contribution in [1.82, 2.24) is 9.97 Å². The van der Waals surface area contributed by atoms with E-state index in [0.29, 0.717) is 16.7 Å². The minimum atomic E-state index is -0.616. The number of benzene rings is 3. The van der Waals surface area contributed by atoms with Crippen LogP contribution < -0.4 is 15.7 Å². The van der Waals surface area contributed by atoms with Crippen LogP contribution in [0, 0.1) is 23.0 Å². The van der Waals surface area contributed by atoms with Crippen molar-refractivity contribution >= 4 is 12.2 Å². The molecule has 0 aliphatic carbocycles. The quantitative estimate of drug-likeness (QED) is 0.312. The first-order chi connectivity index (χ1) is 16.5. The summed E-state index contributed by atoms with van der Waals surface area (Å²) >= 11 is 0. The van der Waals surface area contributed by atoms with Gasteiger partial charge in [-0.1, -0.05) is 42.5 Å². The molecule has 4 rings (SSSR count). The van der Waals surface area contributed by atoms with Gasteiger partial charge in [0.1, 0.15) is 35.6 Å². The SMILES string of the molecule is N#Cc1c(-c2ccccc2)nc(NN=Cc2ccc(F)cc2OCc2cccc(F)c2)[nH]c1=O. The van der Waals surface area contributed by atoms with Gasteiger partial charge in [0, 0.05) is 17.2 Å². The van der Waals surface area contributed by atoms with Gasteiger partial charge in [-0.3, -0.25) is 9.78 Å². The topological polar surface area (TPSA) is 103 Å². The highest BCUT2D eigenvalue weighted by atomic mass is 19.1. The highest BCUT2D eigenvalue weighted by Crippen LogP contribution is 2.21. The monoisotopic (exact) mass is 457 g/mol. The molecule has 7 nitrogen and oxygen atoms in total. The van der Waals surface area contributed by atoms with Crippen LogP contribution in [0.5, 0.6) is 5.75 Å². The maximum atomic E-state index is 13.8. The molecule has 0 fully saturated rings. The largest absolute Gasteiger partial charge is 0.488 e. The second-order valence-electron chi connectivity index (χ2n) is 7.09. The van der Waals surface area contributed by atoms with Gasteiger partial charge < -0.3 is 4.74 Å². The third kappa shape index (κ3) is 5.31. The van der Waals surface area contributed by atoms with E-state index in [1.807, 2.05) is 12.1 Å². The fourth-order valence-electron chi connectivity index (χ4n) is 3.13. The summed E-state index contributed by atoms with van der Waals surface area (Å²) in [4.78, 5) is 19.1. The maximum Gasteiger partial charge on any atom is 0.270 e. The molecule has 34 heavy (non-hydrogen) atoms. The van der Waals surface area contributed by atoms with Crippen LogP contribution in [0.2, 0.25) is 0 Å². The molecule has 2 N–H and O–H groups in total. The lowest BCUT2D eigenvalue weighted by molar-refractivity contribution is 0.303. The smallest absolute Gasteiger partial charge is 0.270 e. The number of hydrogen-bond donors (Lipinski definition) is 2. The number of aromatic nitrogens is 2. The average Bonchev–Trinajstić information content (AvgIpc) is 2.84. The van der Waals surface area contributed by atoms with Gasteiger partial charge in [0.15, 0.2) is 0 Å². The first kappa shape index (κ1) is 22.4. The van der Waals surface area contributed by atoms with Crippen LogP contribution in [-0.4, -0.2) is 16.2 Å². The molecule has 1 aromatic heterocycles. The van der Waals surface area contributed by atoms with Gasteiger partial charge in [-0.05, 0) is 29.8 Å². The van der Waals surface area contributed by atoms with Crippen molar-refractivity contribution in [2.24, 2.45) is 5.10 Å². The fourth-order valence-corrected chi connectivity index (χ4v) is 3.13. The van der Waals surface area contributed by atoms with Crippen LogP contribution in [0.25, 0.3) is 11.3 Å². The maximum absolute atomic E-state index is 13.8. The minimum Gasteiger partial charge on any atom is -0.488 e. The summed E-state index contributed by atoms with van der Waals surface area (Å²) in [7, 11) is 0. The Morgan fingerprint density at radius 1 is 1.06 bits per heavy atom. The highest BCUT2D eigenvalue weighted by Gasteiger charge is 2.13. The summed E-state index contributed by atoms with van der Waals surface area (Å²) in [6, 6.07) is 20.5. The predicted octanol–water partition coefficient (Wildman–Crippen LogP) is 4.61. The van der Waals surface area contributed by atoms with E-state index in [1.165, 1.54) is 36.5 Å². The molecule has 0 radical (unpaired) electrons. The molecule has 0 saturated heterocycles. The van der Waals surface area contributed by atoms with E-state index in [-0.39, 0.29) is 29.6 Å². The molecule has 4 aromatic rings. The molecular formula is C25H17F2N5O2. The van der Waals surface area contributed by atoms with Crippen LogP contribution in [0.4, 0.5) is 14.7 Å². The fraction of sp³-hybridized carbons (Fsp3) is 0.0400. The lowest BCUT2D eigenvalue weighted by Crippen LogP contribution is -2.16. The summed E-state index contributed by atoms with van der Waals surface area (Å²) in [5, 5.41) is 13.4. The Morgan fingerprint density at radius 3 is 2.62 bits per heavy atom. The second-order valence-corrected chi connectivity index (χ2v) is 7.09. The number of anilines is 1. The molecule has 0 bridgehead atoms. The molecule has 0 atom stereocenters. The Balaban J connectivity index is 1.55. The summed E-state index contributed by atoms with van der Waals surface area (Å²) in [6.45, 7) is 0.0282. The van der Waals surface area contributed by atoms with E-state index in [9.17, 15) is 18.8 Å². The van der Waals surface area contributed by atoms with Gasteiger partial charge in [-0.2, -0.15) is 10.4 Å².